The standard InChI is InChI=1S/C23H18ClNO2/c1-25-21-14-18(24)10-11-19(21)20(22(25)16-7-3-2-4-8-16)13-15-6-5-9-17(12-15)23(26)27/h2-12,14H,13H2,1H3,(H,26,27). The van der Waals surface area contributed by atoms with Gasteiger partial charge in [0.1, 0.15) is 0 Å². The predicted molar refractivity (Wildman–Crippen MR) is 110 cm³/mol. The summed E-state index contributed by atoms with van der Waals surface area (Å²) in [5, 5.41) is 11.1. The van der Waals surface area contributed by atoms with E-state index in [-0.39, 0.29) is 0 Å². The molecule has 27 heavy (non-hydrogen) atoms. The topological polar surface area (TPSA) is 42.2 Å². The molecule has 4 heteroatoms. The van der Waals surface area contributed by atoms with Gasteiger partial charge in [-0.05, 0) is 41.0 Å². The Kier molecular flexibility index (Phi) is 4.46. The van der Waals surface area contributed by atoms with Crippen molar-refractivity contribution in [1.82, 2.24) is 4.57 Å². The third-order valence-electron chi connectivity index (χ3n) is 4.87. The maximum Gasteiger partial charge on any atom is 0.335 e. The molecule has 0 unspecified atom stereocenters. The van der Waals surface area contributed by atoms with Crippen molar-refractivity contribution >= 4 is 28.5 Å². The van der Waals surface area contributed by atoms with Crippen molar-refractivity contribution in [3.8, 4) is 11.3 Å². The normalized spacial score (nSPS) is 11.0. The molecular weight excluding hydrogens is 358 g/mol. The van der Waals surface area contributed by atoms with Gasteiger partial charge in [-0.15, -0.1) is 0 Å². The first-order chi connectivity index (χ1) is 13.0. The maximum atomic E-state index is 11.3. The van der Waals surface area contributed by atoms with Crippen molar-refractivity contribution in [2.45, 2.75) is 6.42 Å². The molecule has 1 aromatic heterocycles. The Hall–Kier alpha value is -3.04. The number of fused-ring (bicyclic) bond motifs is 1. The quantitative estimate of drug-likeness (QED) is 0.490. The number of aryl methyl sites for hydroxylation is 1. The van der Waals surface area contributed by atoms with Gasteiger partial charge in [0, 0.05) is 23.9 Å². The van der Waals surface area contributed by atoms with Gasteiger partial charge in [0.05, 0.1) is 16.8 Å². The van der Waals surface area contributed by atoms with Gasteiger partial charge in [0.15, 0.2) is 0 Å². The van der Waals surface area contributed by atoms with Gasteiger partial charge < -0.3 is 9.67 Å². The fraction of sp³-hybridized carbons (Fsp3) is 0.0870. The summed E-state index contributed by atoms with van der Waals surface area (Å²) in [6.07, 6.45) is 0.643. The molecule has 1 N–H and O–H groups in total. The van der Waals surface area contributed by atoms with Crippen LogP contribution in [0.3, 0.4) is 0 Å². The summed E-state index contributed by atoms with van der Waals surface area (Å²) in [7, 11) is 2.04. The highest BCUT2D eigenvalue weighted by atomic mass is 35.5. The number of nitrogens with zero attached hydrogens (tertiary/aromatic N) is 1. The van der Waals surface area contributed by atoms with Gasteiger partial charge in [0.25, 0.3) is 0 Å². The number of benzene rings is 3. The van der Waals surface area contributed by atoms with Crippen LogP contribution >= 0.6 is 11.6 Å². The van der Waals surface area contributed by atoms with Gasteiger partial charge >= 0.3 is 5.97 Å². The SMILES string of the molecule is Cn1c(-c2ccccc2)c(Cc2cccc(C(=O)O)c2)c2ccc(Cl)cc21. The molecule has 1 heterocycles. The molecule has 0 aliphatic heterocycles. The molecular formula is C23H18ClNO2. The van der Waals surface area contributed by atoms with Crippen molar-refractivity contribution in [2.75, 3.05) is 0 Å². The molecule has 4 rings (SSSR count). The number of hydrogen-bond acceptors (Lipinski definition) is 1. The Morgan fingerprint density at radius 2 is 1.78 bits per heavy atom. The number of carboxylic acid groups (broad SMARTS) is 1. The van der Waals surface area contributed by atoms with E-state index in [2.05, 4.69) is 16.7 Å². The van der Waals surface area contributed by atoms with Crippen LogP contribution in [-0.2, 0) is 13.5 Å². The molecule has 0 radical (unpaired) electrons. The van der Waals surface area contributed by atoms with E-state index >= 15 is 0 Å². The second-order valence-corrected chi connectivity index (χ2v) is 7.03. The lowest BCUT2D eigenvalue weighted by Gasteiger charge is -2.09. The minimum absolute atomic E-state index is 0.303. The van der Waals surface area contributed by atoms with Crippen LogP contribution in [0.1, 0.15) is 21.5 Å². The Balaban J connectivity index is 1.93. The Morgan fingerprint density at radius 1 is 1.00 bits per heavy atom. The van der Waals surface area contributed by atoms with Gasteiger partial charge in [-0.2, -0.15) is 0 Å². The minimum Gasteiger partial charge on any atom is -0.478 e. The first kappa shape index (κ1) is 17.4. The van der Waals surface area contributed by atoms with E-state index in [1.165, 1.54) is 0 Å². The summed E-state index contributed by atoms with van der Waals surface area (Å²) >= 11 is 6.24. The summed E-state index contributed by atoms with van der Waals surface area (Å²) in [5.41, 5.74) is 5.74. The molecule has 0 saturated carbocycles. The van der Waals surface area contributed by atoms with Crippen molar-refractivity contribution in [3.05, 3.63) is 94.5 Å². The summed E-state index contributed by atoms with van der Waals surface area (Å²) in [4.78, 5) is 11.3. The van der Waals surface area contributed by atoms with Gasteiger partial charge in [-0.25, -0.2) is 4.79 Å². The average Bonchev–Trinajstić information content (AvgIpc) is 2.94. The number of carboxylic acids is 1. The molecule has 0 bridgehead atoms. The van der Waals surface area contributed by atoms with Gasteiger partial charge in [0.2, 0.25) is 0 Å². The van der Waals surface area contributed by atoms with Crippen LogP contribution in [-0.4, -0.2) is 15.6 Å². The molecule has 0 aliphatic rings. The lowest BCUT2D eigenvalue weighted by molar-refractivity contribution is 0.0696. The smallest absolute Gasteiger partial charge is 0.335 e. The molecule has 3 nitrogen and oxygen atoms in total. The molecule has 0 aliphatic carbocycles. The van der Waals surface area contributed by atoms with E-state index in [9.17, 15) is 9.90 Å². The third kappa shape index (κ3) is 3.22. The zero-order chi connectivity index (χ0) is 19.0. The Labute approximate surface area is 162 Å². The summed E-state index contributed by atoms with van der Waals surface area (Å²) < 4.78 is 2.16. The number of aromatic carboxylic acids is 1. The van der Waals surface area contributed by atoms with E-state index in [0.29, 0.717) is 17.0 Å². The zero-order valence-corrected chi connectivity index (χ0v) is 15.6. The second-order valence-electron chi connectivity index (χ2n) is 6.60. The van der Waals surface area contributed by atoms with Crippen molar-refractivity contribution in [2.24, 2.45) is 7.05 Å². The van der Waals surface area contributed by atoms with Crippen LogP contribution in [0.4, 0.5) is 0 Å². The molecule has 3 aromatic carbocycles. The van der Waals surface area contributed by atoms with E-state index in [1.807, 2.05) is 49.5 Å². The molecule has 0 saturated heterocycles. The van der Waals surface area contributed by atoms with Crippen LogP contribution in [0.25, 0.3) is 22.2 Å². The summed E-state index contributed by atoms with van der Waals surface area (Å²) in [6.45, 7) is 0. The number of hydrogen-bond donors (Lipinski definition) is 1. The fourth-order valence-electron chi connectivity index (χ4n) is 3.65. The minimum atomic E-state index is -0.912. The van der Waals surface area contributed by atoms with Crippen molar-refractivity contribution < 1.29 is 9.90 Å². The highest BCUT2D eigenvalue weighted by Gasteiger charge is 2.17. The van der Waals surface area contributed by atoms with Crippen LogP contribution in [0.5, 0.6) is 0 Å². The maximum absolute atomic E-state index is 11.3. The van der Waals surface area contributed by atoms with E-state index in [0.717, 1.165) is 33.3 Å². The predicted octanol–water partition coefficient (Wildman–Crippen LogP) is 5.79. The van der Waals surface area contributed by atoms with Crippen LogP contribution < -0.4 is 0 Å². The highest BCUT2D eigenvalue weighted by Crippen LogP contribution is 2.35. The molecule has 4 aromatic rings. The van der Waals surface area contributed by atoms with Crippen molar-refractivity contribution in [3.63, 3.8) is 0 Å². The fourth-order valence-corrected chi connectivity index (χ4v) is 3.82. The molecule has 134 valence electrons. The summed E-state index contributed by atoms with van der Waals surface area (Å²) in [6, 6.07) is 23.3. The van der Waals surface area contributed by atoms with Crippen molar-refractivity contribution in [1.29, 1.82) is 0 Å². The van der Waals surface area contributed by atoms with Crippen LogP contribution in [0.15, 0.2) is 72.8 Å². The molecule has 0 spiro atoms. The van der Waals surface area contributed by atoms with E-state index < -0.39 is 5.97 Å². The first-order valence-corrected chi connectivity index (χ1v) is 9.07. The van der Waals surface area contributed by atoms with Gasteiger partial charge in [-0.1, -0.05) is 60.1 Å². The van der Waals surface area contributed by atoms with Crippen LogP contribution in [0.2, 0.25) is 5.02 Å². The lowest BCUT2D eigenvalue weighted by atomic mass is 9.97. The third-order valence-corrected chi connectivity index (χ3v) is 5.10. The number of aromatic nitrogens is 1. The number of carbonyl (C=O) groups is 1. The second kappa shape index (κ2) is 6.93. The number of halogens is 1. The van der Waals surface area contributed by atoms with E-state index in [4.69, 9.17) is 11.6 Å². The largest absolute Gasteiger partial charge is 0.478 e. The van der Waals surface area contributed by atoms with Crippen LogP contribution in [0, 0.1) is 0 Å². The zero-order valence-electron chi connectivity index (χ0n) is 14.8. The average molecular weight is 376 g/mol. The first-order valence-electron chi connectivity index (χ1n) is 8.69. The Bertz CT molecular complexity index is 1150. The number of rotatable bonds is 4. The molecule has 0 atom stereocenters. The molecule has 0 amide bonds. The van der Waals surface area contributed by atoms with Gasteiger partial charge in [-0.3, -0.25) is 0 Å². The van der Waals surface area contributed by atoms with E-state index in [1.54, 1.807) is 18.2 Å². The monoisotopic (exact) mass is 375 g/mol. The lowest BCUT2D eigenvalue weighted by Crippen LogP contribution is -1.99. The highest BCUT2D eigenvalue weighted by molar-refractivity contribution is 6.31. The molecule has 0 fully saturated rings. The Morgan fingerprint density at radius 3 is 2.52 bits per heavy atom. The summed E-state index contributed by atoms with van der Waals surface area (Å²) in [5.74, 6) is -0.912.